The van der Waals surface area contributed by atoms with E-state index in [4.69, 9.17) is 4.74 Å². The molecule has 132 valence electrons. The van der Waals surface area contributed by atoms with Gasteiger partial charge in [-0.1, -0.05) is 26.0 Å². The Morgan fingerprint density at radius 3 is 2.56 bits per heavy atom. The van der Waals surface area contributed by atoms with Crippen molar-refractivity contribution in [3.05, 3.63) is 64.0 Å². The van der Waals surface area contributed by atoms with Crippen LogP contribution in [0.2, 0.25) is 0 Å². The third kappa shape index (κ3) is 5.00. The van der Waals surface area contributed by atoms with Gasteiger partial charge in [-0.15, -0.1) is 0 Å². The Balaban J connectivity index is 1.97. The van der Waals surface area contributed by atoms with Crippen LogP contribution in [0.5, 0.6) is 5.75 Å². The maximum absolute atomic E-state index is 13.2. The molecule has 0 aliphatic carbocycles. The van der Waals surface area contributed by atoms with E-state index in [1.165, 1.54) is 5.56 Å². The van der Waals surface area contributed by atoms with Gasteiger partial charge in [0, 0.05) is 17.8 Å². The van der Waals surface area contributed by atoms with E-state index in [0.29, 0.717) is 11.6 Å². The number of nitrogens with one attached hydrogen (secondary N) is 1. The van der Waals surface area contributed by atoms with Gasteiger partial charge in [-0.3, -0.25) is 14.9 Å². The summed E-state index contributed by atoms with van der Waals surface area (Å²) in [5.41, 5.74) is 1.37. The Morgan fingerprint density at radius 1 is 1.28 bits per heavy atom. The zero-order valence-electron chi connectivity index (χ0n) is 14.0. The van der Waals surface area contributed by atoms with Gasteiger partial charge >= 0.3 is 5.69 Å². The molecule has 2 aromatic rings. The fourth-order valence-electron chi connectivity index (χ4n) is 2.23. The number of ether oxygens (including phenoxy) is 1. The number of nitro benzene ring substituents is 1. The summed E-state index contributed by atoms with van der Waals surface area (Å²) in [6.07, 6.45) is 1.02. The van der Waals surface area contributed by atoms with Crippen molar-refractivity contribution < 1.29 is 18.8 Å². The second kappa shape index (κ2) is 8.23. The lowest BCUT2D eigenvalue weighted by atomic mass is 9.99. The molecule has 2 rings (SSSR count). The minimum Gasteiger partial charge on any atom is -0.477 e. The quantitative estimate of drug-likeness (QED) is 0.600. The molecule has 1 N–H and O–H groups in total. The number of nitrogens with zero attached hydrogens (tertiary/aromatic N) is 1. The van der Waals surface area contributed by atoms with Gasteiger partial charge in [0.05, 0.1) is 4.92 Å². The first-order chi connectivity index (χ1) is 11.9. The van der Waals surface area contributed by atoms with Crippen LogP contribution in [0, 0.1) is 15.9 Å². The number of nitro groups is 1. The van der Waals surface area contributed by atoms with E-state index < -0.39 is 28.9 Å². The van der Waals surface area contributed by atoms with Crippen LogP contribution in [0.3, 0.4) is 0 Å². The Hall–Kier alpha value is -2.96. The van der Waals surface area contributed by atoms with Crippen LogP contribution in [-0.4, -0.2) is 17.4 Å². The number of amides is 1. The highest BCUT2D eigenvalue weighted by molar-refractivity contribution is 5.91. The summed E-state index contributed by atoms with van der Waals surface area (Å²) in [4.78, 5) is 22.1. The van der Waals surface area contributed by atoms with Crippen LogP contribution in [0.1, 0.15) is 31.7 Å². The Bertz CT molecular complexity index is 762. The van der Waals surface area contributed by atoms with Crippen LogP contribution >= 0.6 is 0 Å². The lowest BCUT2D eigenvalue weighted by Crippen LogP contribution is -2.20. The molecule has 0 aromatic heterocycles. The molecule has 1 amide bonds. The third-order valence-corrected chi connectivity index (χ3v) is 3.85. The molecule has 0 saturated carbocycles. The number of anilines is 1. The first kappa shape index (κ1) is 18.4. The highest BCUT2D eigenvalue weighted by Gasteiger charge is 2.17. The van der Waals surface area contributed by atoms with E-state index in [0.717, 1.165) is 24.6 Å². The largest absolute Gasteiger partial charge is 0.477 e. The topological polar surface area (TPSA) is 81.5 Å². The maximum Gasteiger partial charge on any atom is 0.311 e. The zero-order chi connectivity index (χ0) is 18.4. The van der Waals surface area contributed by atoms with Crippen molar-refractivity contribution in [1.29, 1.82) is 0 Å². The van der Waals surface area contributed by atoms with Crippen molar-refractivity contribution in [3.8, 4) is 5.75 Å². The van der Waals surface area contributed by atoms with Gasteiger partial charge in [-0.05, 0) is 36.1 Å². The Kier molecular flexibility index (Phi) is 6.05. The van der Waals surface area contributed by atoms with Crippen molar-refractivity contribution in [2.24, 2.45) is 0 Å². The first-order valence-corrected chi connectivity index (χ1v) is 7.87. The van der Waals surface area contributed by atoms with E-state index in [9.17, 15) is 19.3 Å². The molecular weight excluding hydrogens is 327 g/mol. The molecule has 7 heteroatoms. The molecule has 0 fully saturated rings. The maximum atomic E-state index is 13.2. The van der Waals surface area contributed by atoms with Crippen LogP contribution in [0.25, 0.3) is 0 Å². The summed E-state index contributed by atoms with van der Waals surface area (Å²) >= 11 is 0. The summed E-state index contributed by atoms with van der Waals surface area (Å²) in [5, 5.41) is 13.5. The third-order valence-electron chi connectivity index (χ3n) is 3.85. The highest BCUT2D eigenvalue weighted by atomic mass is 19.1. The minimum absolute atomic E-state index is 0.285. The van der Waals surface area contributed by atoms with Crippen LogP contribution in [0.15, 0.2) is 42.5 Å². The van der Waals surface area contributed by atoms with Crippen molar-refractivity contribution in [1.82, 2.24) is 0 Å². The Morgan fingerprint density at radius 2 is 1.96 bits per heavy atom. The van der Waals surface area contributed by atoms with E-state index in [-0.39, 0.29) is 5.75 Å². The fraction of sp³-hybridized carbons (Fsp3) is 0.278. The summed E-state index contributed by atoms with van der Waals surface area (Å²) < 4.78 is 18.3. The molecule has 0 bridgehead atoms. The van der Waals surface area contributed by atoms with E-state index in [1.54, 1.807) is 12.1 Å². The second-order valence-corrected chi connectivity index (χ2v) is 5.64. The van der Waals surface area contributed by atoms with Crippen molar-refractivity contribution in [2.45, 2.75) is 26.2 Å². The summed E-state index contributed by atoms with van der Waals surface area (Å²) in [6.45, 7) is 3.76. The smallest absolute Gasteiger partial charge is 0.311 e. The molecule has 0 aliphatic rings. The zero-order valence-corrected chi connectivity index (χ0v) is 14.0. The molecule has 0 aliphatic heterocycles. The van der Waals surface area contributed by atoms with Gasteiger partial charge in [0.1, 0.15) is 5.82 Å². The van der Waals surface area contributed by atoms with Gasteiger partial charge in [-0.25, -0.2) is 4.39 Å². The number of rotatable bonds is 7. The monoisotopic (exact) mass is 346 g/mol. The predicted molar refractivity (Wildman–Crippen MR) is 92.3 cm³/mol. The van der Waals surface area contributed by atoms with E-state index >= 15 is 0 Å². The van der Waals surface area contributed by atoms with Crippen molar-refractivity contribution in [2.75, 3.05) is 11.9 Å². The summed E-state index contributed by atoms with van der Waals surface area (Å²) in [6, 6.07) is 10.3. The number of halogens is 1. The molecule has 0 spiro atoms. The average molecular weight is 346 g/mol. The number of hydrogen-bond acceptors (Lipinski definition) is 4. The Labute approximate surface area is 144 Å². The average Bonchev–Trinajstić information content (AvgIpc) is 2.59. The molecule has 0 radical (unpaired) electrons. The minimum atomic E-state index is -0.694. The van der Waals surface area contributed by atoms with Gasteiger partial charge < -0.3 is 10.1 Å². The highest BCUT2D eigenvalue weighted by Crippen LogP contribution is 2.27. The number of hydrogen-bond donors (Lipinski definition) is 1. The van der Waals surface area contributed by atoms with Gasteiger partial charge in [0.15, 0.2) is 6.61 Å². The molecule has 0 saturated heterocycles. The molecule has 25 heavy (non-hydrogen) atoms. The first-order valence-electron chi connectivity index (χ1n) is 7.87. The van der Waals surface area contributed by atoms with Gasteiger partial charge in [-0.2, -0.15) is 0 Å². The molecule has 2 aromatic carbocycles. The molecule has 0 heterocycles. The van der Waals surface area contributed by atoms with Crippen molar-refractivity contribution in [3.63, 3.8) is 0 Å². The van der Waals surface area contributed by atoms with Gasteiger partial charge in [0.2, 0.25) is 5.75 Å². The lowest BCUT2D eigenvalue weighted by Gasteiger charge is -2.11. The number of benzene rings is 2. The summed E-state index contributed by atoms with van der Waals surface area (Å²) in [5.74, 6) is -1.02. The second-order valence-electron chi connectivity index (χ2n) is 5.64. The van der Waals surface area contributed by atoms with E-state index in [1.807, 2.05) is 12.1 Å². The fourth-order valence-corrected chi connectivity index (χ4v) is 2.23. The standard InChI is InChI=1S/C18H19FN2O4/c1-3-12(2)13-4-7-15(8-5-13)20-18(22)11-25-17-10-14(19)6-9-16(17)21(23)24/h4-10,12H,3,11H2,1-2H3,(H,20,22). The lowest BCUT2D eigenvalue weighted by molar-refractivity contribution is -0.385. The van der Waals surface area contributed by atoms with Crippen molar-refractivity contribution >= 4 is 17.3 Å². The molecular formula is C18H19FN2O4. The van der Waals surface area contributed by atoms with Gasteiger partial charge in [0.25, 0.3) is 5.91 Å². The number of carbonyl (C=O) groups is 1. The normalized spacial score (nSPS) is 11.6. The molecule has 6 nitrogen and oxygen atoms in total. The van der Waals surface area contributed by atoms with Crippen LogP contribution < -0.4 is 10.1 Å². The SMILES string of the molecule is CCC(C)c1ccc(NC(=O)COc2cc(F)ccc2[N+](=O)[O-])cc1. The van der Waals surface area contributed by atoms with E-state index in [2.05, 4.69) is 19.2 Å². The molecule has 1 atom stereocenters. The van der Waals surface area contributed by atoms with Crippen LogP contribution in [0.4, 0.5) is 15.8 Å². The number of carbonyl (C=O) groups excluding carboxylic acids is 1. The summed E-state index contributed by atoms with van der Waals surface area (Å²) in [7, 11) is 0. The predicted octanol–water partition coefficient (Wildman–Crippen LogP) is 4.26. The molecule has 1 unspecified atom stereocenters. The van der Waals surface area contributed by atoms with Crippen LogP contribution in [-0.2, 0) is 4.79 Å².